The first-order valence-corrected chi connectivity index (χ1v) is 7.11. The highest BCUT2D eigenvalue weighted by Crippen LogP contribution is 2.26. The number of aryl methyl sites for hydroxylation is 1. The van der Waals surface area contributed by atoms with Crippen LogP contribution in [0.15, 0.2) is 23.6 Å². The zero-order valence-corrected chi connectivity index (χ0v) is 11.2. The number of hydrogen-bond donors (Lipinski definition) is 1. The van der Waals surface area contributed by atoms with Crippen molar-refractivity contribution in [3.8, 4) is 0 Å². The summed E-state index contributed by atoms with van der Waals surface area (Å²) in [5, 5.41) is 7.08. The average Bonchev–Trinajstić information content (AvgIpc) is 2.92. The molecule has 2 heterocycles. The Hall–Kier alpha value is -1.53. The minimum atomic E-state index is -0.229. The Bertz CT molecular complexity index is 690. The predicted octanol–water partition coefficient (Wildman–Crippen LogP) is 3.81. The van der Waals surface area contributed by atoms with Crippen molar-refractivity contribution in [2.45, 2.75) is 13.5 Å². The summed E-state index contributed by atoms with van der Waals surface area (Å²) in [6.07, 6.45) is 0. The molecule has 92 valence electrons. The maximum absolute atomic E-state index is 13.0. The second-order valence-corrected chi connectivity index (χ2v) is 5.94. The Morgan fingerprint density at radius 3 is 3.00 bits per heavy atom. The molecule has 0 spiro atoms. The smallest absolute Gasteiger partial charge is 0.184 e. The van der Waals surface area contributed by atoms with E-state index < -0.39 is 0 Å². The van der Waals surface area contributed by atoms with Gasteiger partial charge in [0, 0.05) is 5.38 Å². The van der Waals surface area contributed by atoms with Gasteiger partial charge in [-0.05, 0) is 25.1 Å². The van der Waals surface area contributed by atoms with Crippen LogP contribution in [0.25, 0.3) is 10.2 Å². The molecule has 0 aliphatic rings. The third-order valence-corrected chi connectivity index (χ3v) is 4.24. The summed E-state index contributed by atoms with van der Waals surface area (Å²) < 4.78 is 13.9. The van der Waals surface area contributed by atoms with Gasteiger partial charge in [0.15, 0.2) is 5.13 Å². The van der Waals surface area contributed by atoms with E-state index in [0.717, 1.165) is 26.0 Å². The van der Waals surface area contributed by atoms with Gasteiger partial charge in [0.1, 0.15) is 5.82 Å². The highest BCUT2D eigenvalue weighted by Gasteiger charge is 2.05. The lowest BCUT2D eigenvalue weighted by atomic mass is 10.3. The van der Waals surface area contributed by atoms with E-state index in [0.29, 0.717) is 6.54 Å². The first-order valence-electron chi connectivity index (χ1n) is 5.42. The largest absolute Gasteiger partial charge is 0.356 e. The lowest BCUT2D eigenvalue weighted by Crippen LogP contribution is -1.98. The molecule has 0 bridgehead atoms. The van der Waals surface area contributed by atoms with Crippen molar-refractivity contribution in [3.05, 3.63) is 40.1 Å². The normalized spacial score (nSPS) is 11.0. The lowest BCUT2D eigenvalue weighted by molar-refractivity contribution is 0.630. The van der Waals surface area contributed by atoms with Gasteiger partial charge >= 0.3 is 0 Å². The number of rotatable bonds is 3. The van der Waals surface area contributed by atoms with Gasteiger partial charge in [-0.2, -0.15) is 0 Å². The van der Waals surface area contributed by atoms with Crippen molar-refractivity contribution in [2.24, 2.45) is 0 Å². The molecule has 18 heavy (non-hydrogen) atoms. The van der Waals surface area contributed by atoms with E-state index in [9.17, 15) is 4.39 Å². The van der Waals surface area contributed by atoms with Crippen molar-refractivity contribution in [2.75, 3.05) is 5.32 Å². The van der Waals surface area contributed by atoms with Gasteiger partial charge in [-0.1, -0.05) is 11.3 Å². The molecule has 0 aliphatic carbocycles. The van der Waals surface area contributed by atoms with Crippen LogP contribution in [-0.2, 0) is 6.54 Å². The van der Waals surface area contributed by atoms with E-state index >= 15 is 0 Å². The molecule has 1 aromatic carbocycles. The Morgan fingerprint density at radius 1 is 1.33 bits per heavy atom. The highest BCUT2D eigenvalue weighted by molar-refractivity contribution is 7.22. The number of nitrogens with zero attached hydrogens (tertiary/aromatic N) is 2. The molecular weight excluding hydrogens is 269 g/mol. The van der Waals surface area contributed by atoms with Crippen LogP contribution in [0.1, 0.15) is 10.7 Å². The van der Waals surface area contributed by atoms with E-state index in [-0.39, 0.29) is 5.82 Å². The molecule has 0 radical (unpaired) electrons. The highest BCUT2D eigenvalue weighted by atomic mass is 32.1. The number of fused-ring (bicyclic) bond motifs is 1. The van der Waals surface area contributed by atoms with Crippen LogP contribution in [0.2, 0.25) is 0 Å². The van der Waals surface area contributed by atoms with Crippen LogP contribution < -0.4 is 5.32 Å². The van der Waals surface area contributed by atoms with E-state index in [2.05, 4.69) is 15.3 Å². The van der Waals surface area contributed by atoms with Gasteiger partial charge in [0.05, 0.1) is 27.5 Å². The molecule has 2 aromatic heterocycles. The van der Waals surface area contributed by atoms with Crippen molar-refractivity contribution in [1.82, 2.24) is 9.97 Å². The molecule has 0 saturated carbocycles. The number of hydrogen-bond acceptors (Lipinski definition) is 5. The van der Waals surface area contributed by atoms with E-state index in [1.54, 1.807) is 17.4 Å². The van der Waals surface area contributed by atoms with Crippen LogP contribution in [0.5, 0.6) is 0 Å². The van der Waals surface area contributed by atoms with Crippen LogP contribution in [-0.4, -0.2) is 9.97 Å². The van der Waals surface area contributed by atoms with Crippen molar-refractivity contribution >= 4 is 38.0 Å². The number of thiazole rings is 2. The number of aromatic nitrogens is 2. The molecule has 3 rings (SSSR count). The topological polar surface area (TPSA) is 37.8 Å². The van der Waals surface area contributed by atoms with Crippen molar-refractivity contribution < 1.29 is 4.39 Å². The summed E-state index contributed by atoms with van der Waals surface area (Å²) >= 11 is 3.08. The van der Waals surface area contributed by atoms with Gasteiger partial charge in [-0.3, -0.25) is 0 Å². The molecule has 0 fully saturated rings. The molecule has 3 aromatic rings. The Kier molecular flexibility index (Phi) is 2.97. The fourth-order valence-electron chi connectivity index (χ4n) is 1.63. The van der Waals surface area contributed by atoms with Crippen LogP contribution >= 0.6 is 22.7 Å². The number of benzene rings is 1. The molecule has 6 heteroatoms. The van der Waals surface area contributed by atoms with Crippen molar-refractivity contribution in [3.63, 3.8) is 0 Å². The molecule has 0 saturated heterocycles. The van der Waals surface area contributed by atoms with Gasteiger partial charge in [-0.15, -0.1) is 11.3 Å². The fraction of sp³-hybridized carbons (Fsp3) is 0.167. The zero-order valence-electron chi connectivity index (χ0n) is 9.61. The number of anilines is 1. The molecule has 0 amide bonds. The zero-order chi connectivity index (χ0) is 12.5. The summed E-state index contributed by atoms with van der Waals surface area (Å²) in [4.78, 5) is 8.76. The Morgan fingerprint density at radius 2 is 2.22 bits per heavy atom. The van der Waals surface area contributed by atoms with Crippen LogP contribution in [0.3, 0.4) is 0 Å². The number of halogens is 1. The number of nitrogens with one attached hydrogen (secondary N) is 1. The Balaban J connectivity index is 1.78. The summed E-state index contributed by atoms with van der Waals surface area (Å²) in [5.41, 5.74) is 1.82. The molecule has 0 aliphatic heterocycles. The fourth-order valence-corrected chi connectivity index (χ4v) is 3.13. The van der Waals surface area contributed by atoms with Crippen LogP contribution in [0, 0.1) is 12.7 Å². The molecule has 1 N–H and O–H groups in total. The van der Waals surface area contributed by atoms with E-state index in [1.165, 1.54) is 23.5 Å². The summed E-state index contributed by atoms with van der Waals surface area (Å²) in [6, 6.07) is 4.63. The van der Waals surface area contributed by atoms with Crippen molar-refractivity contribution in [1.29, 1.82) is 0 Å². The lowest BCUT2D eigenvalue weighted by Gasteiger charge is -1.97. The Labute approximate surface area is 111 Å². The molecular formula is C12H10FN3S2. The van der Waals surface area contributed by atoms with Gasteiger partial charge in [0.25, 0.3) is 0 Å². The SMILES string of the molecule is Cc1nc(CNc2nc3ccc(F)cc3s2)cs1. The molecule has 0 unspecified atom stereocenters. The summed E-state index contributed by atoms with van der Waals surface area (Å²) in [6.45, 7) is 2.63. The maximum Gasteiger partial charge on any atom is 0.184 e. The van der Waals surface area contributed by atoms with Gasteiger partial charge in [0.2, 0.25) is 0 Å². The molecule has 3 nitrogen and oxygen atoms in total. The third-order valence-electron chi connectivity index (χ3n) is 2.44. The third kappa shape index (κ3) is 2.34. The minimum Gasteiger partial charge on any atom is -0.356 e. The first-order chi connectivity index (χ1) is 8.70. The standard InChI is InChI=1S/C12H10FN3S2/c1-7-15-9(6-17-7)5-14-12-16-10-3-2-8(13)4-11(10)18-12/h2-4,6H,5H2,1H3,(H,14,16). The summed E-state index contributed by atoms with van der Waals surface area (Å²) in [7, 11) is 0. The minimum absolute atomic E-state index is 0.229. The summed E-state index contributed by atoms with van der Waals surface area (Å²) in [5.74, 6) is -0.229. The second-order valence-electron chi connectivity index (χ2n) is 3.84. The van der Waals surface area contributed by atoms with Gasteiger partial charge in [-0.25, -0.2) is 14.4 Å². The first kappa shape index (κ1) is 11.6. The maximum atomic E-state index is 13.0. The van der Waals surface area contributed by atoms with Gasteiger partial charge < -0.3 is 5.32 Å². The quantitative estimate of drug-likeness (QED) is 0.792. The van der Waals surface area contributed by atoms with Crippen LogP contribution in [0.4, 0.5) is 9.52 Å². The average molecular weight is 279 g/mol. The second kappa shape index (κ2) is 4.62. The predicted molar refractivity (Wildman–Crippen MR) is 73.8 cm³/mol. The van der Waals surface area contributed by atoms with E-state index in [1.807, 2.05) is 12.3 Å². The monoisotopic (exact) mass is 279 g/mol. The van der Waals surface area contributed by atoms with E-state index in [4.69, 9.17) is 0 Å². The molecule has 0 atom stereocenters.